The fraction of sp³-hybridized carbons (Fsp3) is 0.333. The number of rotatable bonds is 9. The summed E-state index contributed by atoms with van der Waals surface area (Å²) in [6, 6.07) is 18.9. The Morgan fingerprint density at radius 1 is 0.977 bits per heavy atom. The monoisotopic (exact) mass is 618 g/mol. The van der Waals surface area contributed by atoms with Crippen LogP contribution in [-0.4, -0.2) is 69.6 Å². The Balaban J connectivity index is 1.42. The van der Waals surface area contributed by atoms with Gasteiger partial charge in [0.1, 0.15) is 0 Å². The maximum Gasteiger partial charge on any atom is 0.413 e. The Kier molecular flexibility index (Phi) is 9.10. The van der Waals surface area contributed by atoms with E-state index >= 15 is 0 Å². The van der Waals surface area contributed by atoms with E-state index in [4.69, 9.17) is 9.47 Å². The molecule has 1 saturated heterocycles. The van der Waals surface area contributed by atoms with Crippen molar-refractivity contribution >= 4 is 38.5 Å². The first-order valence-electron chi connectivity index (χ1n) is 14.6. The summed E-state index contributed by atoms with van der Waals surface area (Å²) in [6.07, 6.45) is -0.619. The number of hydrogen-bond acceptors (Lipinski definition) is 7. The molecule has 1 fully saturated rings. The number of benzene rings is 3. The van der Waals surface area contributed by atoms with Gasteiger partial charge < -0.3 is 19.8 Å². The van der Waals surface area contributed by atoms with Gasteiger partial charge in [0, 0.05) is 48.3 Å². The van der Waals surface area contributed by atoms with Gasteiger partial charge in [0.2, 0.25) is 5.88 Å². The molecule has 0 saturated carbocycles. The van der Waals surface area contributed by atoms with Crippen LogP contribution in [0, 0.1) is 0 Å². The minimum Gasteiger partial charge on any atom is -0.393 e. The molecule has 1 aliphatic heterocycles. The standard InChI is InChI=1S/C33H38N4O6S/c1-22(38)23-5-7-24(8-6-23)30-28-21-26(36-44(40,41)27-12-9-25(10-13-27)33(2,3)4)11-14-29(28)35-31(30)43-32(39)34-15-16-37-17-19-42-20-18-37/h5-14,21,35-36H,15-20H2,1-4H3,(H,34,39). The zero-order chi connectivity index (χ0) is 31.5. The van der Waals surface area contributed by atoms with Crippen LogP contribution >= 0.6 is 0 Å². The zero-order valence-corrected chi connectivity index (χ0v) is 26.2. The first-order valence-corrected chi connectivity index (χ1v) is 16.1. The topological polar surface area (TPSA) is 130 Å². The van der Waals surface area contributed by atoms with Gasteiger partial charge in [0.25, 0.3) is 10.0 Å². The van der Waals surface area contributed by atoms with Gasteiger partial charge >= 0.3 is 6.09 Å². The molecule has 4 aromatic rings. The van der Waals surface area contributed by atoms with Crippen LogP contribution in [0.3, 0.4) is 0 Å². The number of sulfonamides is 1. The summed E-state index contributed by atoms with van der Waals surface area (Å²) in [7, 11) is -3.87. The lowest BCUT2D eigenvalue weighted by Gasteiger charge is -2.26. The number of Topliss-reactive ketones (excluding diaryl/α,β-unsaturated/α-hetero) is 1. The summed E-state index contributed by atoms with van der Waals surface area (Å²) in [5.74, 6) is 0.135. The lowest BCUT2D eigenvalue weighted by molar-refractivity contribution is 0.0385. The predicted molar refractivity (Wildman–Crippen MR) is 171 cm³/mol. The summed E-state index contributed by atoms with van der Waals surface area (Å²) < 4.78 is 40.4. The van der Waals surface area contributed by atoms with E-state index in [0.29, 0.717) is 59.6 Å². The van der Waals surface area contributed by atoms with E-state index in [1.165, 1.54) is 6.92 Å². The van der Waals surface area contributed by atoms with Gasteiger partial charge in [-0.25, -0.2) is 13.2 Å². The molecule has 0 atom stereocenters. The highest BCUT2D eigenvalue weighted by molar-refractivity contribution is 7.92. The van der Waals surface area contributed by atoms with E-state index in [0.717, 1.165) is 18.7 Å². The second-order valence-corrected chi connectivity index (χ2v) is 13.6. The molecule has 0 unspecified atom stereocenters. The van der Waals surface area contributed by atoms with E-state index in [2.05, 4.69) is 40.7 Å². The second kappa shape index (κ2) is 12.8. The first-order chi connectivity index (χ1) is 20.9. The third kappa shape index (κ3) is 7.29. The zero-order valence-electron chi connectivity index (χ0n) is 25.4. The third-order valence-corrected chi connectivity index (χ3v) is 9.02. The van der Waals surface area contributed by atoms with Crippen LogP contribution in [0.2, 0.25) is 0 Å². The predicted octanol–water partition coefficient (Wildman–Crippen LogP) is 5.56. The minimum absolute atomic E-state index is 0.0705. The van der Waals surface area contributed by atoms with Gasteiger partial charge in [0.15, 0.2) is 5.78 Å². The van der Waals surface area contributed by atoms with Crippen molar-refractivity contribution < 1.29 is 27.5 Å². The molecule has 2 heterocycles. The number of ketones is 1. The van der Waals surface area contributed by atoms with Crippen molar-refractivity contribution in [1.29, 1.82) is 0 Å². The van der Waals surface area contributed by atoms with Gasteiger partial charge in [-0.3, -0.25) is 14.4 Å². The van der Waals surface area contributed by atoms with Crippen LogP contribution in [0.25, 0.3) is 22.0 Å². The van der Waals surface area contributed by atoms with Gasteiger partial charge in [-0.15, -0.1) is 0 Å². The number of anilines is 1. The summed E-state index contributed by atoms with van der Waals surface area (Å²) in [5, 5.41) is 3.44. The average Bonchev–Trinajstić information content (AvgIpc) is 3.34. The van der Waals surface area contributed by atoms with Crippen molar-refractivity contribution in [2.45, 2.75) is 38.0 Å². The molecule has 3 N–H and O–H groups in total. The van der Waals surface area contributed by atoms with Gasteiger partial charge in [-0.2, -0.15) is 0 Å². The molecule has 5 rings (SSSR count). The van der Waals surface area contributed by atoms with Crippen molar-refractivity contribution in [2.24, 2.45) is 0 Å². The molecule has 0 bridgehead atoms. The quantitative estimate of drug-likeness (QED) is 0.210. The van der Waals surface area contributed by atoms with Crippen molar-refractivity contribution in [3.63, 3.8) is 0 Å². The number of amides is 1. The summed E-state index contributed by atoms with van der Waals surface area (Å²) in [5.41, 5.74) is 3.71. The number of fused-ring (bicyclic) bond motifs is 1. The summed E-state index contributed by atoms with van der Waals surface area (Å²) in [6.45, 7) is 11.8. The van der Waals surface area contributed by atoms with E-state index in [1.807, 2.05) is 12.1 Å². The number of nitrogens with one attached hydrogen (secondary N) is 3. The van der Waals surface area contributed by atoms with Gasteiger partial charge in [-0.05, 0) is 53.8 Å². The molecule has 0 radical (unpaired) electrons. The molecule has 232 valence electrons. The number of H-pyrrole nitrogens is 1. The number of morpholine rings is 1. The number of nitrogens with zero attached hydrogens (tertiary/aromatic N) is 1. The lowest BCUT2D eigenvalue weighted by Crippen LogP contribution is -2.41. The lowest BCUT2D eigenvalue weighted by atomic mass is 9.87. The third-order valence-electron chi connectivity index (χ3n) is 7.62. The minimum atomic E-state index is -3.87. The molecule has 3 aromatic carbocycles. The molecular formula is C33H38N4O6S. The first kappa shape index (κ1) is 31.2. The number of ether oxygens (including phenoxy) is 2. The van der Waals surface area contributed by atoms with Gasteiger partial charge in [-0.1, -0.05) is 57.2 Å². The van der Waals surface area contributed by atoms with Crippen LogP contribution in [0.15, 0.2) is 71.6 Å². The maximum absolute atomic E-state index is 13.3. The Morgan fingerprint density at radius 2 is 1.66 bits per heavy atom. The van der Waals surface area contributed by atoms with Crippen LogP contribution in [0.5, 0.6) is 5.88 Å². The highest BCUT2D eigenvalue weighted by Gasteiger charge is 2.21. The van der Waals surface area contributed by atoms with E-state index < -0.39 is 16.1 Å². The fourth-order valence-corrected chi connectivity index (χ4v) is 6.13. The second-order valence-electron chi connectivity index (χ2n) is 11.9. The molecule has 0 spiro atoms. The molecular weight excluding hydrogens is 580 g/mol. The number of aromatic nitrogens is 1. The van der Waals surface area contributed by atoms with Gasteiger partial charge in [0.05, 0.1) is 23.7 Å². The summed E-state index contributed by atoms with van der Waals surface area (Å²) in [4.78, 5) is 30.2. The highest BCUT2D eigenvalue weighted by atomic mass is 32.2. The Hall–Kier alpha value is -4.19. The molecule has 1 aromatic heterocycles. The maximum atomic E-state index is 13.3. The number of carbonyl (C=O) groups excluding carboxylic acids is 2. The SMILES string of the molecule is CC(=O)c1ccc(-c2c(OC(=O)NCCN3CCOCC3)[nH]c3ccc(NS(=O)(=O)c4ccc(C(C)(C)C)cc4)cc23)cc1. The number of carbonyl (C=O) groups is 2. The van der Waals surface area contributed by atoms with E-state index in [9.17, 15) is 18.0 Å². The molecule has 1 amide bonds. The van der Waals surface area contributed by atoms with Crippen molar-refractivity contribution in [2.75, 3.05) is 44.1 Å². The van der Waals surface area contributed by atoms with E-state index in [-0.39, 0.29) is 22.0 Å². The number of hydrogen-bond donors (Lipinski definition) is 3. The largest absolute Gasteiger partial charge is 0.413 e. The molecule has 1 aliphatic rings. The number of aromatic amines is 1. The Morgan fingerprint density at radius 3 is 2.30 bits per heavy atom. The van der Waals surface area contributed by atoms with E-state index in [1.54, 1.807) is 54.6 Å². The normalized spacial score (nSPS) is 14.4. The van der Waals surface area contributed by atoms with Crippen LogP contribution < -0.4 is 14.8 Å². The average molecular weight is 619 g/mol. The summed E-state index contributed by atoms with van der Waals surface area (Å²) >= 11 is 0. The molecule has 10 nitrogen and oxygen atoms in total. The molecule has 11 heteroatoms. The molecule has 44 heavy (non-hydrogen) atoms. The Bertz CT molecular complexity index is 1750. The highest BCUT2D eigenvalue weighted by Crippen LogP contribution is 2.39. The van der Waals surface area contributed by atoms with Crippen molar-refractivity contribution in [3.05, 3.63) is 77.9 Å². The fourth-order valence-electron chi connectivity index (χ4n) is 5.08. The van der Waals surface area contributed by atoms with Crippen LogP contribution in [-0.2, 0) is 20.2 Å². The molecule has 0 aliphatic carbocycles. The van der Waals surface area contributed by atoms with Crippen molar-refractivity contribution in [3.8, 4) is 17.0 Å². The van der Waals surface area contributed by atoms with Crippen molar-refractivity contribution in [1.82, 2.24) is 15.2 Å². The van der Waals surface area contributed by atoms with Crippen LogP contribution in [0.1, 0.15) is 43.6 Å². The smallest absolute Gasteiger partial charge is 0.393 e. The van der Waals surface area contributed by atoms with Crippen LogP contribution in [0.4, 0.5) is 10.5 Å². The Labute approximate surface area is 257 Å².